The molecule has 196 valence electrons. The lowest BCUT2D eigenvalue weighted by Crippen LogP contribution is -2.37. The first-order valence-corrected chi connectivity index (χ1v) is 13.3. The summed E-state index contributed by atoms with van der Waals surface area (Å²) < 4.78 is 44.2. The number of rotatable bonds is 10. The zero-order valence-electron chi connectivity index (χ0n) is 20.8. The normalized spacial score (nSPS) is 11.2. The van der Waals surface area contributed by atoms with Crippen LogP contribution in [0, 0.1) is 6.92 Å². The molecule has 0 heterocycles. The number of hydrogen-bond donors (Lipinski definition) is 1. The summed E-state index contributed by atoms with van der Waals surface area (Å²) >= 11 is 3.30. The van der Waals surface area contributed by atoms with Crippen molar-refractivity contribution in [3.63, 3.8) is 0 Å². The molecule has 9 nitrogen and oxygen atoms in total. The summed E-state index contributed by atoms with van der Waals surface area (Å²) in [6.45, 7) is 1.37. The van der Waals surface area contributed by atoms with Crippen molar-refractivity contribution >= 4 is 43.5 Å². The number of methoxy groups -OCH3 is 3. The zero-order valence-corrected chi connectivity index (χ0v) is 23.2. The Kier molecular flexibility index (Phi) is 9.30. The van der Waals surface area contributed by atoms with E-state index >= 15 is 0 Å². The molecule has 0 saturated carbocycles. The highest BCUT2D eigenvalue weighted by Crippen LogP contribution is 2.34. The van der Waals surface area contributed by atoms with E-state index < -0.39 is 28.4 Å². The third kappa shape index (κ3) is 6.88. The van der Waals surface area contributed by atoms with Crippen LogP contribution in [0.3, 0.4) is 0 Å². The molecule has 0 spiro atoms. The lowest BCUT2D eigenvalue weighted by molar-refractivity contribution is -0.116. The first kappa shape index (κ1) is 28.2. The molecule has 1 N–H and O–H groups in total. The van der Waals surface area contributed by atoms with E-state index in [0.29, 0.717) is 5.56 Å². The predicted molar refractivity (Wildman–Crippen MR) is 142 cm³/mol. The van der Waals surface area contributed by atoms with Gasteiger partial charge in [-0.15, -0.1) is 0 Å². The smallest absolute Gasteiger partial charge is 0.340 e. The van der Waals surface area contributed by atoms with Gasteiger partial charge >= 0.3 is 5.97 Å². The number of carbonyl (C=O) groups is 2. The van der Waals surface area contributed by atoms with Crippen LogP contribution < -0.4 is 14.8 Å². The van der Waals surface area contributed by atoms with Crippen molar-refractivity contribution in [3.05, 3.63) is 81.8 Å². The van der Waals surface area contributed by atoms with E-state index in [1.165, 1.54) is 45.6 Å². The molecular weight excluding hydrogens is 564 g/mol. The van der Waals surface area contributed by atoms with Gasteiger partial charge in [-0.05, 0) is 36.8 Å². The first-order chi connectivity index (χ1) is 17.6. The second kappa shape index (κ2) is 12.2. The van der Waals surface area contributed by atoms with Crippen molar-refractivity contribution < 1.29 is 32.2 Å². The standard InChI is InChI=1S/C26H27BrN2O7S/c1-17-5-7-18(8-6-17)15-29(37(32,33)20-11-9-19(27)10-12-20)16-25(30)28-22-14-24(35-3)23(34-2)13-21(22)26(31)36-4/h5-14H,15-16H2,1-4H3,(H,28,30). The highest BCUT2D eigenvalue weighted by atomic mass is 79.9. The summed E-state index contributed by atoms with van der Waals surface area (Å²) in [5.74, 6) is -0.843. The molecule has 37 heavy (non-hydrogen) atoms. The Labute approximate surface area is 224 Å². The predicted octanol–water partition coefficient (Wildman–Crippen LogP) is 4.39. The first-order valence-electron chi connectivity index (χ1n) is 11.0. The summed E-state index contributed by atoms with van der Waals surface area (Å²) in [6.07, 6.45) is 0. The van der Waals surface area contributed by atoms with Gasteiger partial charge in [0, 0.05) is 23.2 Å². The van der Waals surface area contributed by atoms with E-state index in [-0.39, 0.29) is 34.2 Å². The Balaban J connectivity index is 1.96. The quantitative estimate of drug-likeness (QED) is 0.348. The number of sulfonamides is 1. The fourth-order valence-corrected chi connectivity index (χ4v) is 5.14. The minimum absolute atomic E-state index is 0.0225. The maximum absolute atomic E-state index is 13.5. The summed E-state index contributed by atoms with van der Waals surface area (Å²) in [7, 11) is -0.0238. The molecule has 0 atom stereocenters. The molecule has 0 aromatic heterocycles. The molecule has 0 radical (unpaired) electrons. The molecule has 0 aliphatic heterocycles. The van der Waals surface area contributed by atoms with Gasteiger partial charge in [-0.1, -0.05) is 45.8 Å². The number of nitrogens with zero attached hydrogens (tertiary/aromatic N) is 1. The number of esters is 1. The molecule has 0 aliphatic rings. The molecule has 0 fully saturated rings. The van der Waals surface area contributed by atoms with Crippen molar-refractivity contribution in [2.75, 3.05) is 33.2 Å². The average Bonchev–Trinajstić information content (AvgIpc) is 2.89. The third-order valence-corrected chi connectivity index (χ3v) is 7.79. The molecule has 0 unspecified atom stereocenters. The molecule has 0 bridgehead atoms. The highest BCUT2D eigenvalue weighted by molar-refractivity contribution is 9.10. The van der Waals surface area contributed by atoms with E-state index in [9.17, 15) is 18.0 Å². The van der Waals surface area contributed by atoms with Crippen molar-refractivity contribution in [2.45, 2.75) is 18.4 Å². The number of amides is 1. The second-order valence-corrected chi connectivity index (χ2v) is 10.9. The minimum Gasteiger partial charge on any atom is -0.493 e. The van der Waals surface area contributed by atoms with Crippen LogP contribution in [-0.2, 0) is 26.1 Å². The van der Waals surface area contributed by atoms with Gasteiger partial charge in [0.1, 0.15) is 0 Å². The molecular formula is C26H27BrN2O7S. The maximum Gasteiger partial charge on any atom is 0.340 e. The molecule has 3 aromatic carbocycles. The number of benzene rings is 3. The van der Waals surface area contributed by atoms with Crippen LogP contribution in [0.15, 0.2) is 70.0 Å². The van der Waals surface area contributed by atoms with E-state index in [4.69, 9.17) is 14.2 Å². The molecule has 1 amide bonds. The molecule has 3 rings (SSSR count). The van der Waals surface area contributed by atoms with Crippen LogP contribution in [0.1, 0.15) is 21.5 Å². The van der Waals surface area contributed by atoms with E-state index in [0.717, 1.165) is 14.3 Å². The summed E-state index contributed by atoms with van der Waals surface area (Å²) in [4.78, 5) is 25.6. The number of anilines is 1. The number of hydrogen-bond acceptors (Lipinski definition) is 7. The van der Waals surface area contributed by atoms with Gasteiger partial charge in [0.25, 0.3) is 0 Å². The summed E-state index contributed by atoms with van der Waals surface area (Å²) in [6, 6.07) is 16.3. The van der Waals surface area contributed by atoms with Crippen molar-refractivity contribution in [1.82, 2.24) is 4.31 Å². The fraction of sp³-hybridized carbons (Fsp3) is 0.231. The van der Waals surface area contributed by atoms with Gasteiger partial charge in [-0.25, -0.2) is 13.2 Å². The number of halogens is 1. The maximum atomic E-state index is 13.5. The van der Waals surface area contributed by atoms with Crippen LogP contribution in [-0.4, -0.2) is 52.5 Å². The van der Waals surface area contributed by atoms with Crippen LogP contribution in [0.5, 0.6) is 11.5 Å². The highest BCUT2D eigenvalue weighted by Gasteiger charge is 2.28. The van der Waals surface area contributed by atoms with Gasteiger partial charge in [0.05, 0.1) is 44.0 Å². The van der Waals surface area contributed by atoms with Crippen molar-refractivity contribution in [1.29, 1.82) is 0 Å². The van der Waals surface area contributed by atoms with Crippen LogP contribution in [0.4, 0.5) is 5.69 Å². The topological polar surface area (TPSA) is 111 Å². The van der Waals surface area contributed by atoms with E-state index in [1.54, 1.807) is 24.3 Å². The molecule has 11 heteroatoms. The van der Waals surface area contributed by atoms with Crippen LogP contribution >= 0.6 is 15.9 Å². The number of ether oxygens (including phenoxy) is 3. The Hall–Kier alpha value is -3.41. The van der Waals surface area contributed by atoms with Crippen LogP contribution in [0.25, 0.3) is 0 Å². The SMILES string of the molecule is COC(=O)c1cc(OC)c(OC)cc1NC(=O)CN(Cc1ccc(C)cc1)S(=O)(=O)c1ccc(Br)cc1. The number of nitrogens with one attached hydrogen (secondary N) is 1. The second-order valence-electron chi connectivity index (χ2n) is 8.01. The largest absolute Gasteiger partial charge is 0.493 e. The number of aryl methyl sites for hydroxylation is 1. The Morgan fingerprint density at radius 1 is 0.919 bits per heavy atom. The van der Waals surface area contributed by atoms with E-state index in [1.807, 2.05) is 19.1 Å². The van der Waals surface area contributed by atoms with Crippen LogP contribution in [0.2, 0.25) is 0 Å². The third-order valence-electron chi connectivity index (χ3n) is 5.45. The lowest BCUT2D eigenvalue weighted by Gasteiger charge is -2.23. The molecule has 0 aliphatic carbocycles. The average molecular weight is 591 g/mol. The summed E-state index contributed by atoms with van der Waals surface area (Å²) in [5, 5.41) is 2.62. The molecule has 3 aromatic rings. The lowest BCUT2D eigenvalue weighted by atomic mass is 10.1. The zero-order chi connectivity index (χ0) is 27.2. The fourth-order valence-electron chi connectivity index (χ4n) is 3.49. The Morgan fingerprint density at radius 3 is 2.08 bits per heavy atom. The van der Waals surface area contributed by atoms with Crippen molar-refractivity contribution in [2.24, 2.45) is 0 Å². The van der Waals surface area contributed by atoms with Crippen molar-refractivity contribution in [3.8, 4) is 11.5 Å². The minimum atomic E-state index is -4.05. The van der Waals surface area contributed by atoms with E-state index in [2.05, 4.69) is 21.2 Å². The monoisotopic (exact) mass is 590 g/mol. The van der Waals surface area contributed by atoms with Gasteiger partial charge < -0.3 is 19.5 Å². The Bertz CT molecular complexity index is 1380. The van der Waals surface area contributed by atoms with Gasteiger partial charge in [-0.3, -0.25) is 4.79 Å². The van der Waals surface area contributed by atoms with Gasteiger partial charge in [0.2, 0.25) is 15.9 Å². The molecule has 0 saturated heterocycles. The Morgan fingerprint density at radius 2 is 1.51 bits per heavy atom. The van der Waals surface area contributed by atoms with Gasteiger partial charge in [0.15, 0.2) is 11.5 Å². The van der Waals surface area contributed by atoms with Gasteiger partial charge in [-0.2, -0.15) is 4.31 Å². The number of carbonyl (C=O) groups excluding carboxylic acids is 2. The summed E-state index contributed by atoms with van der Waals surface area (Å²) in [5.41, 5.74) is 1.84.